The molecule has 0 radical (unpaired) electrons. The number of hydrogen-bond acceptors (Lipinski definition) is 2. The summed E-state index contributed by atoms with van der Waals surface area (Å²) in [7, 11) is 1.64. The Kier molecular flexibility index (Phi) is 3.61. The van der Waals surface area contributed by atoms with Crippen molar-refractivity contribution in [3.8, 4) is 5.75 Å². The van der Waals surface area contributed by atoms with Gasteiger partial charge in [-0.05, 0) is 40.5 Å². The van der Waals surface area contributed by atoms with E-state index >= 15 is 0 Å². The molecule has 0 aliphatic heterocycles. The zero-order chi connectivity index (χ0) is 14.4. The van der Waals surface area contributed by atoms with Gasteiger partial charge < -0.3 is 9.84 Å². The molecule has 1 fully saturated rings. The maximum Gasteiger partial charge on any atom is 0.122 e. The summed E-state index contributed by atoms with van der Waals surface area (Å²) in [5.74, 6) is 1.10. The van der Waals surface area contributed by atoms with Crippen LogP contribution in [0, 0.1) is 16.7 Å². The first-order chi connectivity index (χ1) is 8.71. The molecule has 106 valence electrons. The number of ether oxygens (including phenoxy) is 1. The maximum absolute atomic E-state index is 10.5. The Balaban J connectivity index is 2.17. The molecule has 1 atom stereocenters. The minimum absolute atomic E-state index is 0.179. The van der Waals surface area contributed by atoms with Crippen molar-refractivity contribution in [1.29, 1.82) is 0 Å². The summed E-state index contributed by atoms with van der Waals surface area (Å²) >= 11 is 6.03. The van der Waals surface area contributed by atoms with E-state index in [1.807, 2.05) is 12.1 Å². The third kappa shape index (κ3) is 2.36. The zero-order valence-corrected chi connectivity index (χ0v) is 13.1. The molecule has 0 saturated heterocycles. The minimum atomic E-state index is -0.364. The van der Waals surface area contributed by atoms with E-state index in [-0.39, 0.29) is 16.9 Å². The van der Waals surface area contributed by atoms with E-state index in [0.717, 1.165) is 11.3 Å². The summed E-state index contributed by atoms with van der Waals surface area (Å²) in [5.41, 5.74) is 1.33. The molecule has 0 aromatic heterocycles. The molecule has 1 aliphatic rings. The number of aliphatic hydroxyl groups excluding tert-OH is 1. The number of rotatable bonds is 4. The molecule has 0 amide bonds. The Bertz CT molecular complexity index is 466. The summed E-state index contributed by atoms with van der Waals surface area (Å²) in [6.07, 6.45) is 0.221. The Hall–Kier alpha value is -0.730. The molecule has 2 rings (SSSR count). The van der Waals surface area contributed by atoms with Gasteiger partial charge in [0.1, 0.15) is 5.75 Å². The van der Waals surface area contributed by atoms with Crippen molar-refractivity contribution >= 4 is 11.6 Å². The fourth-order valence-electron chi connectivity index (χ4n) is 3.46. The van der Waals surface area contributed by atoms with Crippen molar-refractivity contribution in [3.05, 3.63) is 28.8 Å². The second-order valence-electron chi connectivity index (χ2n) is 6.65. The number of methoxy groups -OCH3 is 1. The van der Waals surface area contributed by atoms with Crippen LogP contribution in [-0.2, 0) is 6.42 Å². The third-order valence-electron chi connectivity index (χ3n) is 5.19. The van der Waals surface area contributed by atoms with Crippen molar-refractivity contribution in [3.63, 3.8) is 0 Å². The number of halogens is 1. The van der Waals surface area contributed by atoms with Crippen molar-refractivity contribution in [2.24, 2.45) is 16.7 Å². The predicted octanol–water partition coefficient (Wildman–Crippen LogP) is 3.93. The van der Waals surface area contributed by atoms with Crippen LogP contribution in [0.4, 0.5) is 0 Å². The lowest BCUT2D eigenvalue weighted by atomic mass is 9.99. The maximum atomic E-state index is 10.5. The lowest BCUT2D eigenvalue weighted by Crippen LogP contribution is -2.18. The van der Waals surface area contributed by atoms with Gasteiger partial charge >= 0.3 is 0 Å². The monoisotopic (exact) mass is 282 g/mol. The molecule has 19 heavy (non-hydrogen) atoms. The first-order valence-electron chi connectivity index (χ1n) is 6.72. The standard InChI is InChI=1S/C16H23ClO2/c1-15(2)14(16(15,3)4)12(18)9-10-8-11(17)6-7-13(10)19-5/h6-8,12,14,18H,9H2,1-5H3. The lowest BCUT2D eigenvalue weighted by Gasteiger charge is -2.15. The van der Waals surface area contributed by atoms with Crippen molar-refractivity contribution in [1.82, 2.24) is 0 Å². The smallest absolute Gasteiger partial charge is 0.122 e. The highest BCUT2D eigenvalue weighted by Gasteiger charge is 2.66. The Morgan fingerprint density at radius 2 is 1.84 bits per heavy atom. The highest BCUT2D eigenvalue weighted by Crippen LogP contribution is 2.69. The van der Waals surface area contributed by atoms with Gasteiger partial charge in [-0.3, -0.25) is 0 Å². The van der Waals surface area contributed by atoms with Gasteiger partial charge in [0.2, 0.25) is 0 Å². The first-order valence-corrected chi connectivity index (χ1v) is 7.10. The van der Waals surface area contributed by atoms with Gasteiger partial charge in [0.15, 0.2) is 0 Å². The molecule has 1 aromatic carbocycles. The molecule has 3 heteroatoms. The summed E-state index contributed by atoms with van der Waals surface area (Å²) in [5, 5.41) is 11.2. The van der Waals surface area contributed by atoms with Gasteiger partial charge in [-0.25, -0.2) is 0 Å². The van der Waals surface area contributed by atoms with Crippen molar-refractivity contribution < 1.29 is 9.84 Å². The predicted molar refractivity (Wildman–Crippen MR) is 78.8 cm³/mol. The van der Waals surface area contributed by atoms with E-state index < -0.39 is 0 Å². The zero-order valence-electron chi connectivity index (χ0n) is 12.3. The van der Waals surface area contributed by atoms with Crippen LogP contribution in [0.2, 0.25) is 5.02 Å². The largest absolute Gasteiger partial charge is 0.496 e. The molecule has 1 saturated carbocycles. The molecule has 0 bridgehead atoms. The van der Waals surface area contributed by atoms with Gasteiger partial charge in [0, 0.05) is 11.4 Å². The SMILES string of the molecule is COc1ccc(Cl)cc1CC(O)C1C(C)(C)C1(C)C. The van der Waals surface area contributed by atoms with Crippen LogP contribution >= 0.6 is 11.6 Å². The minimum Gasteiger partial charge on any atom is -0.496 e. The molecular formula is C16H23ClO2. The fourth-order valence-corrected chi connectivity index (χ4v) is 3.65. The van der Waals surface area contributed by atoms with Crippen LogP contribution in [0.3, 0.4) is 0 Å². The Morgan fingerprint density at radius 3 is 2.32 bits per heavy atom. The number of hydrogen-bond donors (Lipinski definition) is 1. The van der Waals surface area contributed by atoms with Crippen LogP contribution in [0.25, 0.3) is 0 Å². The Morgan fingerprint density at radius 1 is 1.26 bits per heavy atom. The van der Waals surface area contributed by atoms with Gasteiger partial charge in [0.25, 0.3) is 0 Å². The van der Waals surface area contributed by atoms with Gasteiger partial charge in [0.05, 0.1) is 13.2 Å². The second kappa shape index (κ2) is 4.68. The van der Waals surface area contributed by atoms with Crippen LogP contribution in [-0.4, -0.2) is 18.3 Å². The topological polar surface area (TPSA) is 29.5 Å². The van der Waals surface area contributed by atoms with Gasteiger partial charge in [-0.1, -0.05) is 39.3 Å². The molecule has 1 N–H and O–H groups in total. The van der Waals surface area contributed by atoms with E-state index in [2.05, 4.69) is 27.7 Å². The number of aliphatic hydroxyl groups is 1. The van der Waals surface area contributed by atoms with Gasteiger partial charge in [-0.15, -0.1) is 0 Å². The molecule has 0 heterocycles. The average Bonchev–Trinajstić information content (AvgIpc) is 2.69. The lowest BCUT2D eigenvalue weighted by molar-refractivity contribution is 0.128. The van der Waals surface area contributed by atoms with Crippen LogP contribution < -0.4 is 4.74 Å². The fraction of sp³-hybridized carbons (Fsp3) is 0.625. The van der Waals surface area contributed by atoms with E-state index in [1.54, 1.807) is 13.2 Å². The van der Waals surface area contributed by atoms with Crippen molar-refractivity contribution in [2.75, 3.05) is 7.11 Å². The summed E-state index contributed by atoms with van der Waals surface area (Å²) < 4.78 is 5.34. The molecule has 1 aliphatic carbocycles. The quantitative estimate of drug-likeness (QED) is 0.906. The molecule has 0 spiro atoms. The van der Waals surface area contributed by atoms with Crippen molar-refractivity contribution in [2.45, 2.75) is 40.2 Å². The summed E-state index contributed by atoms with van der Waals surface area (Å²) in [6.45, 7) is 8.87. The van der Waals surface area contributed by atoms with E-state index in [0.29, 0.717) is 17.4 Å². The third-order valence-corrected chi connectivity index (χ3v) is 5.42. The highest BCUT2D eigenvalue weighted by atomic mass is 35.5. The number of benzene rings is 1. The molecule has 1 aromatic rings. The molecule has 2 nitrogen and oxygen atoms in total. The van der Waals surface area contributed by atoms with E-state index in [4.69, 9.17) is 16.3 Å². The first kappa shape index (κ1) is 14.7. The van der Waals surface area contributed by atoms with E-state index in [1.165, 1.54) is 0 Å². The average molecular weight is 283 g/mol. The Labute approximate surface area is 120 Å². The normalized spacial score (nSPS) is 22.1. The highest BCUT2D eigenvalue weighted by molar-refractivity contribution is 6.30. The van der Waals surface area contributed by atoms with Crippen LogP contribution in [0.1, 0.15) is 33.3 Å². The summed E-state index contributed by atoms with van der Waals surface area (Å²) in [6, 6.07) is 5.54. The second-order valence-corrected chi connectivity index (χ2v) is 7.09. The van der Waals surface area contributed by atoms with Crippen LogP contribution in [0.5, 0.6) is 5.75 Å². The molecule has 1 unspecified atom stereocenters. The van der Waals surface area contributed by atoms with E-state index in [9.17, 15) is 5.11 Å². The summed E-state index contributed by atoms with van der Waals surface area (Å²) in [4.78, 5) is 0. The van der Waals surface area contributed by atoms with Gasteiger partial charge in [-0.2, -0.15) is 0 Å². The molecular weight excluding hydrogens is 260 g/mol. The van der Waals surface area contributed by atoms with Crippen LogP contribution in [0.15, 0.2) is 18.2 Å².